The summed E-state index contributed by atoms with van der Waals surface area (Å²) in [6, 6.07) is 63.9. The van der Waals surface area contributed by atoms with Gasteiger partial charge in [-0.25, -0.2) is 9.98 Å². The number of benzene rings is 8. The number of amidine groups is 2. The molecule has 1 aliphatic heterocycles. The van der Waals surface area contributed by atoms with Crippen molar-refractivity contribution >= 4 is 66.2 Å². The Kier molecular flexibility index (Phi) is 6.85. The Balaban J connectivity index is 1.18. The lowest BCUT2D eigenvalue weighted by Gasteiger charge is -2.24. The highest BCUT2D eigenvalue weighted by Crippen LogP contribution is 2.40. The van der Waals surface area contributed by atoms with Crippen LogP contribution in [0.3, 0.4) is 0 Å². The Morgan fingerprint density at radius 3 is 2.02 bits per heavy atom. The number of hydrogen-bond acceptors (Lipinski definition) is 4. The third-order valence-electron chi connectivity index (χ3n) is 10.6. The van der Waals surface area contributed by atoms with E-state index in [2.05, 4.69) is 155 Å². The molecule has 8 aromatic carbocycles. The van der Waals surface area contributed by atoms with Crippen LogP contribution in [0, 0.1) is 0 Å². The number of para-hydroxylation sites is 2. The van der Waals surface area contributed by atoms with Gasteiger partial charge in [0.05, 0.1) is 16.7 Å². The van der Waals surface area contributed by atoms with E-state index in [4.69, 9.17) is 14.4 Å². The van der Waals surface area contributed by atoms with E-state index in [1.165, 1.54) is 32.7 Å². The second-order valence-electron chi connectivity index (χ2n) is 13.9. The van der Waals surface area contributed by atoms with E-state index in [1.807, 2.05) is 36.4 Å². The predicted octanol–water partition coefficient (Wildman–Crippen LogP) is 12.0. The monoisotopic (exact) mass is 692 g/mol. The fraction of sp³-hybridized carbons (Fsp3) is 0.0204. The van der Waals surface area contributed by atoms with E-state index in [0.717, 1.165) is 61.2 Å². The highest BCUT2D eigenvalue weighted by Gasteiger charge is 2.25. The molecule has 1 unspecified atom stereocenters. The molecule has 1 aliphatic rings. The molecule has 10 aromatic rings. The van der Waals surface area contributed by atoms with E-state index >= 15 is 0 Å². The van der Waals surface area contributed by atoms with Crippen LogP contribution in [0.2, 0.25) is 0 Å². The number of nitrogens with zero attached hydrogens (tertiary/aromatic N) is 3. The SMILES string of the molecule is c1ccc(C2=NC(c3cc(-n4c5ccccc5c5cc6cc(-c7ccccc7)ccc6cc54)cc4oc5ccccc5c34)=NC(c3ccccc3)N2)cc1. The third kappa shape index (κ3) is 4.94. The van der Waals surface area contributed by atoms with Gasteiger partial charge in [-0.1, -0.05) is 140 Å². The molecule has 11 rings (SSSR count). The maximum atomic E-state index is 6.66. The predicted molar refractivity (Wildman–Crippen MR) is 223 cm³/mol. The highest BCUT2D eigenvalue weighted by atomic mass is 16.3. The molecule has 1 atom stereocenters. The first kappa shape index (κ1) is 30.4. The number of nitrogens with one attached hydrogen (secondary N) is 1. The average molecular weight is 693 g/mol. The number of furan rings is 1. The van der Waals surface area contributed by atoms with Crippen molar-refractivity contribution in [2.45, 2.75) is 6.17 Å². The summed E-state index contributed by atoms with van der Waals surface area (Å²) in [5.41, 5.74) is 10.2. The van der Waals surface area contributed by atoms with Gasteiger partial charge in [0, 0.05) is 38.7 Å². The van der Waals surface area contributed by atoms with Crippen LogP contribution in [-0.2, 0) is 0 Å². The molecule has 254 valence electrons. The maximum absolute atomic E-state index is 6.66. The summed E-state index contributed by atoms with van der Waals surface area (Å²) >= 11 is 0. The van der Waals surface area contributed by atoms with Gasteiger partial charge in [-0.15, -0.1) is 0 Å². The van der Waals surface area contributed by atoms with Gasteiger partial charge in [0.25, 0.3) is 0 Å². The molecular formula is C49H32N4O. The molecule has 0 radical (unpaired) electrons. The van der Waals surface area contributed by atoms with Gasteiger partial charge in [0.1, 0.15) is 23.2 Å². The van der Waals surface area contributed by atoms with Gasteiger partial charge in [0.2, 0.25) is 0 Å². The van der Waals surface area contributed by atoms with Crippen molar-refractivity contribution in [1.29, 1.82) is 0 Å². The minimum atomic E-state index is -0.328. The summed E-state index contributed by atoms with van der Waals surface area (Å²) in [5, 5.41) is 10.4. The largest absolute Gasteiger partial charge is 0.456 e. The van der Waals surface area contributed by atoms with E-state index in [0.29, 0.717) is 5.84 Å². The molecule has 5 nitrogen and oxygen atoms in total. The van der Waals surface area contributed by atoms with Gasteiger partial charge in [-0.05, 0) is 63.9 Å². The van der Waals surface area contributed by atoms with Crippen LogP contribution in [0.1, 0.15) is 22.9 Å². The second kappa shape index (κ2) is 12.2. The number of rotatable bonds is 5. The lowest BCUT2D eigenvalue weighted by molar-refractivity contribution is 0.668. The average Bonchev–Trinajstić information content (AvgIpc) is 3.78. The molecule has 0 fully saturated rings. The van der Waals surface area contributed by atoms with Gasteiger partial charge in [0.15, 0.2) is 5.84 Å². The molecule has 3 heterocycles. The Labute approximate surface area is 311 Å². The highest BCUT2D eigenvalue weighted by molar-refractivity contribution is 6.23. The normalized spacial score (nSPS) is 14.5. The molecule has 0 spiro atoms. The molecule has 0 saturated heterocycles. The quantitative estimate of drug-likeness (QED) is 0.195. The summed E-state index contributed by atoms with van der Waals surface area (Å²) in [5.74, 6) is 1.43. The molecule has 0 aliphatic carbocycles. The van der Waals surface area contributed by atoms with Crippen molar-refractivity contribution in [3.8, 4) is 16.8 Å². The fourth-order valence-corrected chi connectivity index (χ4v) is 8.06. The molecule has 2 aromatic heterocycles. The molecule has 5 heteroatoms. The number of aromatic nitrogens is 1. The number of fused-ring (bicyclic) bond motifs is 7. The number of hydrogen-bond donors (Lipinski definition) is 1. The zero-order valence-electron chi connectivity index (χ0n) is 29.1. The summed E-state index contributed by atoms with van der Waals surface area (Å²) < 4.78 is 9.03. The fourth-order valence-electron chi connectivity index (χ4n) is 8.06. The van der Waals surface area contributed by atoms with Crippen molar-refractivity contribution in [2.24, 2.45) is 9.98 Å². The summed E-state index contributed by atoms with van der Waals surface area (Å²) in [6.07, 6.45) is -0.328. The van der Waals surface area contributed by atoms with Crippen molar-refractivity contribution in [3.63, 3.8) is 0 Å². The third-order valence-corrected chi connectivity index (χ3v) is 10.6. The topological polar surface area (TPSA) is 54.8 Å². The van der Waals surface area contributed by atoms with Crippen molar-refractivity contribution in [3.05, 3.63) is 199 Å². The Bertz CT molecular complexity index is 3120. The standard InChI is InChI=1S/C49H32N4O/c1-4-14-31(15-5-1)34-24-25-35-28-43-40(27-36(35)26-34)38-20-10-12-22-42(38)53(43)37-29-41(46-39-21-11-13-23-44(39)54-45(46)30-37)49-51-47(32-16-6-2-7-17-32)50-48(52-49)33-18-8-3-9-19-33/h1-30,47H,(H,50,51,52). The zero-order valence-corrected chi connectivity index (χ0v) is 29.1. The van der Waals surface area contributed by atoms with Gasteiger partial charge < -0.3 is 14.3 Å². The molecule has 0 amide bonds. The first-order valence-corrected chi connectivity index (χ1v) is 18.3. The van der Waals surface area contributed by atoms with E-state index in [-0.39, 0.29) is 6.17 Å². The Morgan fingerprint density at radius 1 is 0.500 bits per heavy atom. The molecule has 1 N–H and O–H groups in total. The van der Waals surface area contributed by atoms with Gasteiger partial charge in [-0.2, -0.15) is 0 Å². The van der Waals surface area contributed by atoms with Crippen molar-refractivity contribution < 1.29 is 4.42 Å². The van der Waals surface area contributed by atoms with Crippen LogP contribution in [0.4, 0.5) is 0 Å². The molecule has 0 bridgehead atoms. The first-order chi connectivity index (χ1) is 26.7. The van der Waals surface area contributed by atoms with E-state index in [9.17, 15) is 0 Å². The van der Waals surface area contributed by atoms with Crippen LogP contribution in [-0.4, -0.2) is 16.2 Å². The Hall–Kier alpha value is -7.24. The van der Waals surface area contributed by atoms with Gasteiger partial charge in [-0.3, -0.25) is 0 Å². The van der Waals surface area contributed by atoms with Crippen LogP contribution < -0.4 is 5.32 Å². The smallest absolute Gasteiger partial charge is 0.160 e. The van der Waals surface area contributed by atoms with Crippen LogP contribution >= 0.6 is 0 Å². The van der Waals surface area contributed by atoms with Crippen LogP contribution in [0.5, 0.6) is 0 Å². The molecule has 0 saturated carbocycles. The second-order valence-corrected chi connectivity index (χ2v) is 13.9. The molecular weight excluding hydrogens is 661 g/mol. The zero-order chi connectivity index (χ0) is 35.6. The van der Waals surface area contributed by atoms with Gasteiger partial charge >= 0.3 is 0 Å². The lowest BCUT2D eigenvalue weighted by atomic mass is 9.99. The summed E-state index contributed by atoms with van der Waals surface area (Å²) in [6.45, 7) is 0. The molecule has 54 heavy (non-hydrogen) atoms. The Morgan fingerprint density at radius 2 is 1.20 bits per heavy atom. The van der Waals surface area contributed by atoms with Crippen LogP contribution in [0.15, 0.2) is 196 Å². The maximum Gasteiger partial charge on any atom is 0.160 e. The summed E-state index contributed by atoms with van der Waals surface area (Å²) in [7, 11) is 0. The van der Waals surface area contributed by atoms with Crippen molar-refractivity contribution in [2.75, 3.05) is 0 Å². The van der Waals surface area contributed by atoms with E-state index in [1.54, 1.807) is 0 Å². The lowest BCUT2D eigenvalue weighted by Crippen LogP contribution is -2.33. The van der Waals surface area contributed by atoms with Crippen LogP contribution in [0.25, 0.3) is 71.3 Å². The summed E-state index contributed by atoms with van der Waals surface area (Å²) in [4.78, 5) is 10.6. The minimum absolute atomic E-state index is 0.328. The number of aliphatic imine (C=N–C) groups is 2. The van der Waals surface area contributed by atoms with Crippen molar-refractivity contribution in [1.82, 2.24) is 9.88 Å². The van der Waals surface area contributed by atoms with E-state index < -0.39 is 0 Å². The minimum Gasteiger partial charge on any atom is -0.456 e. The first-order valence-electron chi connectivity index (χ1n) is 18.3.